The van der Waals surface area contributed by atoms with Gasteiger partial charge in [-0.1, -0.05) is 0 Å². The lowest BCUT2D eigenvalue weighted by atomic mass is 10.2. The summed E-state index contributed by atoms with van der Waals surface area (Å²) < 4.78 is 4.69. The summed E-state index contributed by atoms with van der Waals surface area (Å²) in [5.41, 5.74) is 0. The van der Waals surface area contributed by atoms with Gasteiger partial charge in [0.15, 0.2) is 0 Å². The van der Waals surface area contributed by atoms with Crippen LogP contribution < -0.4 is 5.32 Å². The number of amides is 1. The third kappa shape index (κ3) is 8.92. The van der Waals surface area contributed by atoms with Crippen LogP contribution in [0.3, 0.4) is 0 Å². The molecule has 1 amide bonds. The molecule has 1 unspecified atom stereocenters. The average molecular weight is 217 g/mol. The van der Waals surface area contributed by atoms with Crippen molar-refractivity contribution in [3.63, 3.8) is 0 Å². The number of carboxylic acid groups (broad SMARTS) is 1. The zero-order valence-corrected chi connectivity index (χ0v) is 8.47. The molecular weight excluding hydrogens is 202 g/mol. The number of hydrogen-bond acceptors (Lipinski definition) is 4. The highest BCUT2D eigenvalue weighted by atomic mass is 16.5. The van der Waals surface area contributed by atoms with Gasteiger partial charge in [-0.25, -0.2) is 4.79 Å². The number of carbonyl (C=O) groups excluding carboxylic acids is 1. The Morgan fingerprint density at radius 1 is 1.47 bits per heavy atom. The second kappa shape index (κ2) is 7.95. The van der Waals surface area contributed by atoms with Gasteiger partial charge in [-0.2, -0.15) is 0 Å². The van der Waals surface area contributed by atoms with Gasteiger partial charge in [-0.3, -0.25) is 4.79 Å². The number of ether oxygens (including phenoxy) is 1. The van der Waals surface area contributed by atoms with Crippen molar-refractivity contribution in [3.8, 4) is 0 Å². The van der Waals surface area contributed by atoms with E-state index < -0.39 is 18.0 Å². The molecule has 0 aromatic heterocycles. The van der Waals surface area contributed by atoms with Gasteiger partial charge in [0.2, 0.25) is 5.91 Å². The number of hydrogen-bond donors (Lipinski definition) is 3. The maximum absolute atomic E-state index is 10.9. The first-order valence-electron chi connectivity index (χ1n) is 4.42. The summed E-state index contributed by atoms with van der Waals surface area (Å²) in [6, 6.07) is 0. The zero-order chi connectivity index (χ0) is 11.7. The van der Waals surface area contributed by atoms with Crippen molar-refractivity contribution in [2.24, 2.45) is 0 Å². The largest absolute Gasteiger partial charge is 0.478 e. The molecule has 0 saturated heterocycles. The molecule has 1 atom stereocenters. The Morgan fingerprint density at radius 2 is 2.13 bits per heavy atom. The minimum absolute atomic E-state index is 0.209. The van der Waals surface area contributed by atoms with Crippen LogP contribution in [0.5, 0.6) is 0 Å². The molecule has 0 aliphatic rings. The molecular formula is C9H15NO5. The van der Waals surface area contributed by atoms with E-state index in [0.29, 0.717) is 6.42 Å². The lowest BCUT2D eigenvalue weighted by Crippen LogP contribution is -2.27. The van der Waals surface area contributed by atoms with Gasteiger partial charge >= 0.3 is 5.97 Å². The molecule has 0 bridgehead atoms. The smallest absolute Gasteiger partial charge is 0.328 e. The van der Waals surface area contributed by atoms with Crippen LogP contribution in [-0.2, 0) is 14.3 Å². The SMILES string of the molecule is COCC(O)CCNC(=O)/C=C/C(=O)O. The maximum atomic E-state index is 10.9. The van der Waals surface area contributed by atoms with E-state index in [0.717, 1.165) is 12.2 Å². The number of methoxy groups -OCH3 is 1. The molecule has 0 radical (unpaired) electrons. The highest BCUT2D eigenvalue weighted by Gasteiger charge is 2.03. The molecule has 3 N–H and O–H groups in total. The summed E-state index contributed by atoms with van der Waals surface area (Å²) in [5.74, 6) is -1.67. The molecule has 86 valence electrons. The summed E-state index contributed by atoms with van der Waals surface area (Å²) in [6.45, 7) is 0.480. The molecule has 6 heteroatoms. The van der Waals surface area contributed by atoms with E-state index in [1.54, 1.807) is 0 Å². The van der Waals surface area contributed by atoms with Crippen LogP contribution in [0.2, 0.25) is 0 Å². The van der Waals surface area contributed by atoms with Crippen molar-refractivity contribution < 1.29 is 24.5 Å². The van der Waals surface area contributed by atoms with Crippen molar-refractivity contribution in [1.82, 2.24) is 5.32 Å². The molecule has 0 fully saturated rings. The fourth-order valence-electron chi connectivity index (χ4n) is 0.844. The van der Waals surface area contributed by atoms with Crippen LogP contribution in [0.4, 0.5) is 0 Å². The molecule has 0 spiro atoms. The van der Waals surface area contributed by atoms with E-state index in [9.17, 15) is 14.7 Å². The molecule has 0 aromatic rings. The second-order valence-electron chi connectivity index (χ2n) is 2.86. The first kappa shape index (κ1) is 13.6. The fourth-order valence-corrected chi connectivity index (χ4v) is 0.844. The molecule has 0 aliphatic heterocycles. The topological polar surface area (TPSA) is 95.9 Å². The first-order chi connectivity index (χ1) is 7.06. The van der Waals surface area contributed by atoms with Crippen LogP contribution in [0.1, 0.15) is 6.42 Å². The third-order valence-corrected chi connectivity index (χ3v) is 1.51. The standard InChI is InChI=1S/C9H15NO5/c1-15-6-7(11)4-5-10-8(12)2-3-9(13)14/h2-3,7,11H,4-6H2,1H3,(H,10,12)(H,13,14)/b3-2+. The van der Waals surface area contributed by atoms with Gasteiger partial charge in [0.1, 0.15) is 0 Å². The van der Waals surface area contributed by atoms with Crippen LogP contribution >= 0.6 is 0 Å². The summed E-state index contributed by atoms with van der Waals surface area (Å²) in [7, 11) is 1.47. The van der Waals surface area contributed by atoms with Gasteiger partial charge in [-0.05, 0) is 6.42 Å². The molecule has 0 aliphatic carbocycles. The normalized spacial score (nSPS) is 12.7. The molecule has 6 nitrogen and oxygen atoms in total. The van der Waals surface area contributed by atoms with E-state index in [-0.39, 0.29) is 13.2 Å². The van der Waals surface area contributed by atoms with Crippen molar-refractivity contribution in [2.45, 2.75) is 12.5 Å². The maximum Gasteiger partial charge on any atom is 0.328 e. The van der Waals surface area contributed by atoms with Crippen LogP contribution in [-0.4, -0.2) is 48.5 Å². The Balaban J connectivity index is 3.59. The molecule has 0 aromatic carbocycles. The molecule has 0 rings (SSSR count). The van der Waals surface area contributed by atoms with E-state index >= 15 is 0 Å². The van der Waals surface area contributed by atoms with Gasteiger partial charge in [0, 0.05) is 25.8 Å². The van der Waals surface area contributed by atoms with Gasteiger partial charge in [0.05, 0.1) is 12.7 Å². The predicted octanol–water partition coefficient (Wildman–Crippen LogP) is -0.859. The lowest BCUT2D eigenvalue weighted by molar-refractivity contribution is -0.131. The summed E-state index contributed by atoms with van der Waals surface area (Å²) in [6.07, 6.45) is 1.41. The summed E-state index contributed by atoms with van der Waals surface area (Å²) >= 11 is 0. The van der Waals surface area contributed by atoms with Crippen molar-refractivity contribution in [1.29, 1.82) is 0 Å². The number of carbonyl (C=O) groups is 2. The van der Waals surface area contributed by atoms with E-state index in [1.807, 2.05) is 0 Å². The molecule has 0 heterocycles. The van der Waals surface area contributed by atoms with Crippen molar-refractivity contribution in [2.75, 3.05) is 20.3 Å². The number of aliphatic hydroxyl groups is 1. The number of aliphatic hydroxyl groups excluding tert-OH is 1. The monoisotopic (exact) mass is 217 g/mol. The minimum atomic E-state index is -1.18. The Labute approximate surface area is 87.5 Å². The molecule has 0 saturated carbocycles. The number of carboxylic acids is 1. The molecule has 15 heavy (non-hydrogen) atoms. The fraction of sp³-hybridized carbons (Fsp3) is 0.556. The third-order valence-electron chi connectivity index (χ3n) is 1.51. The second-order valence-corrected chi connectivity index (χ2v) is 2.86. The minimum Gasteiger partial charge on any atom is -0.478 e. The number of nitrogens with one attached hydrogen (secondary N) is 1. The number of aliphatic carboxylic acids is 1. The van der Waals surface area contributed by atoms with Gasteiger partial charge < -0.3 is 20.3 Å². The highest BCUT2D eigenvalue weighted by molar-refractivity contribution is 5.93. The van der Waals surface area contributed by atoms with Crippen molar-refractivity contribution in [3.05, 3.63) is 12.2 Å². The highest BCUT2D eigenvalue weighted by Crippen LogP contribution is 1.89. The summed E-state index contributed by atoms with van der Waals surface area (Å²) in [4.78, 5) is 21.0. The Bertz CT molecular complexity index is 239. The van der Waals surface area contributed by atoms with Crippen LogP contribution in [0.15, 0.2) is 12.2 Å². The Morgan fingerprint density at radius 3 is 2.67 bits per heavy atom. The van der Waals surface area contributed by atoms with Gasteiger partial charge in [0.25, 0.3) is 0 Å². The lowest BCUT2D eigenvalue weighted by Gasteiger charge is -2.08. The van der Waals surface area contributed by atoms with Crippen LogP contribution in [0, 0.1) is 0 Å². The van der Waals surface area contributed by atoms with Gasteiger partial charge in [-0.15, -0.1) is 0 Å². The summed E-state index contributed by atoms with van der Waals surface area (Å²) in [5, 5.41) is 19.8. The first-order valence-corrected chi connectivity index (χ1v) is 4.42. The van der Waals surface area contributed by atoms with E-state index in [2.05, 4.69) is 10.1 Å². The predicted molar refractivity (Wildman–Crippen MR) is 52.3 cm³/mol. The Kier molecular flexibility index (Phi) is 7.21. The van der Waals surface area contributed by atoms with Crippen molar-refractivity contribution >= 4 is 11.9 Å². The van der Waals surface area contributed by atoms with Crippen LogP contribution in [0.25, 0.3) is 0 Å². The van der Waals surface area contributed by atoms with E-state index in [4.69, 9.17) is 5.11 Å². The Hall–Kier alpha value is -1.40. The average Bonchev–Trinajstić information content (AvgIpc) is 2.15. The van der Waals surface area contributed by atoms with E-state index in [1.165, 1.54) is 7.11 Å². The zero-order valence-electron chi connectivity index (χ0n) is 8.47. The number of rotatable bonds is 7. The quantitative estimate of drug-likeness (QED) is 0.482.